The first-order valence-corrected chi connectivity index (χ1v) is 7.38. The largest absolute Gasteiger partial charge is 0.392 e. The van der Waals surface area contributed by atoms with E-state index >= 15 is 0 Å². The summed E-state index contributed by atoms with van der Waals surface area (Å²) in [6.07, 6.45) is 8.72. The lowest BCUT2D eigenvalue weighted by molar-refractivity contribution is 0.0889. The molecule has 1 aromatic heterocycles. The predicted molar refractivity (Wildman–Crippen MR) is 69.4 cm³/mol. The van der Waals surface area contributed by atoms with Crippen LogP contribution in [-0.4, -0.2) is 21.4 Å². The van der Waals surface area contributed by atoms with Crippen LogP contribution in [0.25, 0.3) is 0 Å². The third-order valence-corrected chi connectivity index (χ3v) is 3.94. The second-order valence-electron chi connectivity index (χ2n) is 5.11. The number of aliphatic hydroxyl groups excluding tert-OH is 1. The molecule has 0 aliphatic heterocycles. The number of halogens is 1. The Bertz CT molecular complexity index is 349. The molecule has 1 heterocycles. The van der Waals surface area contributed by atoms with Crippen LogP contribution in [0.1, 0.15) is 56.7 Å². The molecule has 102 valence electrons. The first-order valence-electron chi connectivity index (χ1n) is 6.85. The predicted octanol–water partition coefficient (Wildman–Crippen LogP) is 3.07. The fourth-order valence-corrected chi connectivity index (χ4v) is 2.76. The van der Waals surface area contributed by atoms with Crippen molar-refractivity contribution in [3.05, 3.63) is 11.7 Å². The number of hydrogen-bond donors (Lipinski definition) is 1. The van der Waals surface area contributed by atoms with Crippen LogP contribution in [0.5, 0.6) is 0 Å². The molecule has 1 saturated carbocycles. The van der Waals surface area contributed by atoms with Gasteiger partial charge in [-0.25, -0.2) is 0 Å². The number of rotatable bonds is 4. The molecule has 1 unspecified atom stereocenters. The van der Waals surface area contributed by atoms with Gasteiger partial charge < -0.3 is 9.63 Å². The summed E-state index contributed by atoms with van der Waals surface area (Å²) in [7, 11) is 0. The zero-order chi connectivity index (χ0) is 12.8. The number of alkyl halides is 1. The standard InChI is InChI=1S/C13H21ClN2O2/c14-9-13-15-12(16-18-13)8-11(17)10-6-4-2-1-3-5-7-10/h10-11,17H,1-9H2. The van der Waals surface area contributed by atoms with Crippen molar-refractivity contribution >= 4 is 11.6 Å². The summed E-state index contributed by atoms with van der Waals surface area (Å²) in [6.45, 7) is 0. The lowest BCUT2D eigenvalue weighted by atomic mass is 9.86. The second kappa shape index (κ2) is 7.10. The Kier molecular flexibility index (Phi) is 5.45. The van der Waals surface area contributed by atoms with E-state index in [9.17, 15) is 5.11 Å². The average Bonchev–Trinajstić information content (AvgIpc) is 2.76. The lowest BCUT2D eigenvalue weighted by Crippen LogP contribution is -2.24. The highest BCUT2D eigenvalue weighted by Crippen LogP contribution is 2.26. The van der Waals surface area contributed by atoms with Crippen LogP contribution in [-0.2, 0) is 12.3 Å². The molecule has 5 heteroatoms. The molecule has 2 rings (SSSR count). The quantitative estimate of drug-likeness (QED) is 0.856. The highest BCUT2D eigenvalue weighted by Gasteiger charge is 2.22. The minimum atomic E-state index is -0.358. The molecule has 1 aromatic rings. The van der Waals surface area contributed by atoms with Crippen LogP contribution in [0.4, 0.5) is 0 Å². The van der Waals surface area contributed by atoms with Crippen LogP contribution in [0.15, 0.2) is 4.52 Å². The molecule has 0 radical (unpaired) electrons. The summed E-state index contributed by atoms with van der Waals surface area (Å²) in [4.78, 5) is 4.14. The summed E-state index contributed by atoms with van der Waals surface area (Å²) in [5, 5.41) is 14.1. The van der Waals surface area contributed by atoms with Crippen molar-refractivity contribution in [3.8, 4) is 0 Å². The molecular weight excluding hydrogens is 252 g/mol. The Hall–Kier alpha value is -0.610. The molecule has 0 bridgehead atoms. The molecule has 1 atom stereocenters. The first kappa shape index (κ1) is 13.8. The zero-order valence-corrected chi connectivity index (χ0v) is 11.4. The normalized spacial score (nSPS) is 20.3. The van der Waals surface area contributed by atoms with E-state index in [-0.39, 0.29) is 12.0 Å². The van der Waals surface area contributed by atoms with Crippen molar-refractivity contribution in [1.29, 1.82) is 0 Å². The summed E-state index contributed by atoms with van der Waals surface area (Å²) in [5.74, 6) is 1.60. The van der Waals surface area contributed by atoms with Crippen molar-refractivity contribution in [2.75, 3.05) is 0 Å². The van der Waals surface area contributed by atoms with Gasteiger partial charge in [-0.15, -0.1) is 11.6 Å². The molecule has 0 aromatic carbocycles. The van der Waals surface area contributed by atoms with E-state index in [1.807, 2.05) is 0 Å². The number of nitrogens with zero attached hydrogens (tertiary/aromatic N) is 2. The molecule has 1 N–H and O–H groups in total. The van der Waals surface area contributed by atoms with Gasteiger partial charge in [-0.3, -0.25) is 0 Å². The topological polar surface area (TPSA) is 59.2 Å². The summed E-state index contributed by atoms with van der Waals surface area (Å²) < 4.78 is 4.94. The zero-order valence-electron chi connectivity index (χ0n) is 10.6. The van der Waals surface area contributed by atoms with Gasteiger partial charge in [0.25, 0.3) is 0 Å². The van der Waals surface area contributed by atoms with Gasteiger partial charge >= 0.3 is 0 Å². The van der Waals surface area contributed by atoms with Crippen molar-refractivity contribution in [3.63, 3.8) is 0 Å². The van der Waals surface area contributed by atoms with Gasteiger partial charge in [0.15, 0.2) is 5.82 Å². The van der Waals surface area contributed by atoms with Crippen molar-refractivity contribution < 1.29 is 9.63 Å². The number of hydrogen-bond acceptors (Lipinski definition) is 4. The first-order chi connectivity index (χ1) is 8.79. The summed E-state index contributed by atoms with van der Waals surface area (Å²) in [6, 6.07) is 0. The minimum absolute atomic E-state index is 0.229. The van der Waals surface area contributed by atoms with Crippen molar-refractivity contribution in [1.82, 2.24) is 10.1 Å². The van der Waals surface area contributed by atoms with E-state index < -0.39 is 0 Å². The van der Waals surface area contributed by atoms with E-state index in [2.05, 4.69) is 10.1 Å². The Labute approximate surface area is 113 Å². The van der Waals surface area contributed by atoms with Crippen LogP contribution in [0.2, 0.25) is 0 Å². The SMILES string of the molecule is OC(Cc1noc(CCl)n1)C1CCCCCCC1. The molecule has 0 amide bonds. The third-order valence-electron chi connectivity index (χ3n) is 3.71. The highest BCUT2D eigenvalue weighted by molar-refractivity contribution is 6.16. The number of aliphatic hydroxyl groups is 1. The Balaban J connectivity index is 1.86. The summed E-state index contributed by atoms with van der Waals surface area (Å²) in [5.41, 5.74) is 0. The maximum absolute atomic E-state index is 10.3. The van der Waals surface area contributed by atoms with Crippen LogP contribution in [0, 0.1) is 5.92 Å². The fourth-order valence-electron chi connectivity index (χ4n) is 2.65. The van der Waals surface area contributed by atoms with E-state index in [1.165, 1.54) is 32.1 Å². The van der Waals surface area contributed by atoms with Gasteiger partial charge in [0.2, 0.25) is 5.89 Å². The van der Waals surface area contributed by atoms with Crippen LogP contribution in [0.3, 0.4) is 0 Å². The Morgan fingerprint density at radius 3 is 2.50 bits per heavy atom. The Morgan fingerprint density at radius 2 is 1.89 bits per heavy atom. The van der Waals surface area contributed by atoms with E-state index in [1.54, 1.807) is 0 Å². The maximum Gasteiger partial charge on any atom is 0.241 e. The molecular formula is C13H21ClN2O2. The molecule has 4 nitrogen and oxygen atoms in total. The van der Waals surface area contributed by atoms with E-state index in [4.69, 9.17) is 16.1 Å². The van der Waals surface area contributed by atoms with E-state index in [0.717, 1.165) is 12.8 Å². The highest BCUT2D eigenvalue weighted by atomic mass is 35.5. The molecule has 1 fully saturated rings. The van der Waals surface area contributed by atoms with Gasteiger partial charge in [0.05, 0.1) is 6.10 Å². The van der Waals surface area contributed by atoms with Crippen LogP contribution < -0.4 is 0 Å². The van der Waals surface area contributed by atoms with E-state index in [0.29, 0.717) is 24.1 Å². The molecule has 0 spiro atoms. The smallest absolute Gasteiger partial charge is 0.241 e. The van der Waals surface area contributed by atoms with Gasteiger partial charge in [0.1, 0.15) is 5.88 Å². The van der Waals surface area contributed by atoms with Gasteiger partial charge in [0, 0.05) is 6.42 Å². The van der Waals surface area contributed by atoms with Crippen molar-refractivity contribution in [2.24, 2.45) is 5.92 Å². The molecule has 18 heavy (non-hydrogen) atoms. The fraction of sp³-hybridized carbons (Fsp3) is 0.846. The van der Waals surface area contributed by atoms with Crippen LogP contribution >= 0.6 is 11.6 Å². The van der Waals surface area contributed by atoms with Gasteiger partial charge in [-0.05, 0) is 18.8 Å². The average molecular weight is 273 g/mol. The number of aromatic nitrogens is 2. The van der Waals surface area contributed by atoms with Gasteiger partial charge in [-0.1, -0.05) is 37.3 Å². The molecule has 1 aliphatic rings. The summed E-state index contributed by atoms with van der Waals surface area (Å²) >= 11 is 5.61. The van der Waals surface area contributed by atoms with Crippen molar-refractivity contribution in [2.45, 2.75) is 63.4 Å². The Morgan fingerprint density at radius 1 is 1.22 bits per heavy atom. The third kappa shape index (κ3) is 3.95. The lowest BCUT2D eigenvalue weighted by Gasteiger charge is -2.23. The minimum Gasteiger partial charge on any atom is -0.392 e. The molecule has 0 saturated heterocycles. The second-order valence-corrected chi connectivity index (χ2v) is 5.38. The maximum atomic E-state index is 10.3. The van der Waals surface area contributed by atoms with Gasteiger partial charge in [-0.2, -0.15) is 4.98 Å². The molecule has 1 aliphatic carbocycles. The monoisotopic (exact) mass is 272 g/mol.